The Kier molecular flexibility index (Phi) is 9.29. The lowest BCUT2D eigenvalue weighted by atomic mass is 9.94. The van der Waals surface area contributed by atoms with Gasteiger partial charge >= 0.3 is 6.09 Å². The van der Waals surface area contributed by atoms with Gasteiger partial charge in [0.25, 0.3) is 0 Å². The number of nitrogens with zero attached hydrogens (tertiary/aromatic N) is 5. The van der Waals surface area contributed by atoms with Crippen molar-refractivity contribution in [2.24, 2.45) is 5.92 Å². The molecular weight excluding hydrogens is 504 g/mol. The first-order valence-corrected chi connectivity index (χ1v) is 13.9. The minimum atomic E-state index is -0.471. The molecule has 3 N–H and O–H groups in total. The maximum atomic E-state index is 12.3. The molecule has 212 valence electrons. The van der Waals surface area contributed by atoms with Crippen LogP contribution in [0.2, 0.25) is 0 Å². The molecule has 3 aromatic heterocycles. The van der Waals surface area contributed by atoms with Crippen LogP contribution in [0.4, 0.5) is 16.4 Å². The number of likely N-dealkylation sites (tertiary alicyclic amines) is 1. The minimum absolute atomic E-state index is 0.224. The second kappa shape index (κ2) is 12.8. The van der Waals surface area contributed by atoms with Crippen LogP contribution in [0.5, 0.6) is 0 Å². The molecule has 0 radical (unpaired) electrons. The number of aromatic nitrogens is 4. The molecular formula is C30H40N8O2. The van der Waals surface area contributed by atoms with Gasteiger partial charge < -0.3 is 25.7 Å². The van der Waals surface area contributed by atoms with Gasteiger partial charge in [-0.2, -0.15) is 5.10 Å². The first kappa shape index (κ1) is 28.9. The monoisotopic (exact) mass is 544 g/mol. The number of allylic oxidation sites excluding steroid dienone is 1. The van der Waals surface area contributed by atoms with E-state index in [1.807, 2.05) is 51.2 Å². The van der Waals surface area contributed by atoms with Crippen LogP contribution in [-0.4, -0.2) is 62.6 Å². The zero-order valence-electron chi connectivity index (χ0n) is 24.1. The Morgan fingerprint density at radius 2 is 1.93 bits per heavy atom. The SMILES string of the molecule is CC(C)c1cnnc(Nc2ccc3ncc(/C(C=N)=C/NCCC4CCN(C(=O)OC(C)(C)C)CC4)cc3n2)c1. The van der Waals surface area contributed by atoms with E-state index in [2.05, 4.69) is 39.7 Å². The highest BCUT2D eigenvalue weighted by Crippen LogP contribution is 2.23. The maximum absolute atomic E-state index is 12.3. The molecule has 10 heteroatoms. The van der Waals surface area contributed by atoms with Crippen LogP contribution < -0.4 is 10.6 Å². The number of pyridine rings is 2. The Hall–Kier alpha value is -4.08. The third-order valence-corrected chi connectivity index (χ3v) is 6.85. The Labute approximate surface area is 236 Å². The van der Waals surface area contributed by atoms with E-state index in [-0.39, 0.29) is 6.09 Å². The summed E-state index contributed by atoms with van der Waals surface area (Å²) in [5.41, 5.74) is 3.66. The first-order chi connectivity index (χ1) is 19.1. The summed E-state index contributed by atoms with van der Waals surface area (Å²) >= 11 is 0. The summed E-state index contributed by atoms with van der Waals surface area (Å²) in [5, 5.41) is 22.8. The van der Waals surface area contributed by atoms with Crippen molar-refractivity contribution in [3.05, 3.63) is 54.0 Å². The van der Waals surface area contributed by atoms with Gasteiger partial charge in [0.2, 0.25) is 0 Å². The third-order valence-electron chi connectivity index (χ3n) is 6.85. The molecule has 0 bridgehead atoms. The number of carbonyl (C=O) groups excluding carboxylic acids is 1. The summed E-state index contributed by atoms with van der Waals surface area (Å²) in [6.07, 6.45) is 9.42. The number of carbonyl (C=O) groups is 1. The maximum Gasteiger partial charge on any atom is 0.410 e. The van der Waals surface area contributed by atoms with Gasteiger partial charge in [0.05, 0.1) is 17.2 Å². The van der Waals surface area contributed by atoms with Crippen LogP contribution >= 0.6 is 0 Å². The molecule has 4 heterocycles. The van der Waals surface area contributed by atoms with Gasteiger partial charge in [0, 0.05) is 49.4 Å². The number of ether oxygens (including phenoxy) is 1. The average Bonchev–Trinajstić information content (AvgIpc) is 2.92. The number of piperidine rings is 1. The lowest BCUT2D eigenvalue weighted by Crippen LogP contribution is -2.42. The number of amides is 1. The van der Waals surface area contributed by atoms with Crippen LogP contribution in [0, 0.1) is 11.3 Å². The Morgan fingerprint density at radius 1 is 1.15 bits per heavy atom. The van der Waals surface area contributed by atoms with Gasteiger partial charge in [-0.25, -0.2) is 9.78 Å². The fraction of sp³-hybridized carbons (Fsp3) is 0.467. The smallest absolute Gasteiger partial charge is 0.410 e. The Morgan fingerprint density at radius 3 is 2.62 bits per heavy atom. The summed E-state index contributed by atoms with van der Waals surface area (Å²) in [4.78, 5) is 23.4. The van der Waals surface area contributed by atoms with E-state index in [4.69, 9.17) is 15.1 Å². The largest absolute Gasteiger partial charge is 0.444 e. The quantitative estimate of drug-likeness (QED) is 0.224. The Balaban J connectivity index is 1.33. The van der Waals surface area contributed by atoms with Crippen LogP contribution in [0.1, 0.15) is 70.9 Å². The highest BCUT2D eigenvalue weighted by atomic mass is 16.6. The normalized spacial score (nSPS) is 14.8. The van der Waals surface area contributed by atoms with E-state index in [1.54, 1.807) is 17.3 Å². The van der Waals surface area contributed by atoms with Gasteiger partial charge in [0.15, 0.2) is 5.82 Å². The number of fused-ring (bicyclic) bond motifs is 1. The van der Waals surface area contributed by atoms with Crippen molar-refractivity contribution in [1.82, 2.24) is 30.4 Å². The third kappa shape index (κ3) is 7.97. The summed E-state index contributed by atoms with van der Waals surface area (Å²) in [6, 6.07) is 7.69. The fourth-order valence-electron chi connectivity index (χ4n) is 4.53. The summed E-state index contributed by atoms with van der Waals surface area (Å²) in [6.45, 7) is 12.1. The highest BCUT2D eigenvalue weighted by Gasteiger charge is 2.26. The topological polar surface area (TPSA) is 129 Å². The van der Waals surface area contributed by atoms with E-state index in [1.165, 1.54) is 6.21 Å². The summed E-state index contributed by atoms with van der Waals surface area (Å²) in [5.74, 6) is 2.19. The van der Waals surface area contributed by atoms with Crippen molar-refractivity contribution < 1.29 is 9.53 Å². The van der Waals surface area contributed by atoms with E-state index < -0.39 is 5.60 Å². The fourth-order valence-corrected chi connectivity index (χ4v) is 4.53. The predicted octanol–water partition coefficient (Wildman–Crippen LogP) is 5.90. The molecule has 0 saturated carbocycles. The molecule has 40 heavy (non-hydrogen) atoms. The Bertz CT molecular complexity index is 1360. The zero-order valence-corrected chi connectivity index (χ0v) is 24.1. The summed E-state index contributed by atoms with van der Waals surface area (Å²) in [7, 11) is 0. The average molecular weight is 545 g/mol. The van der Waals surface area contributed by atoms with Crippen LogP contribution in [-0.2, 0) is 4.74 Å². The molecule has 1 aliphatic heterocycles. The van der Waals surface area contributed by atoms with E-state index >= 15 is 0 Å². The van der Waals surface area contributed by atoms with E-state index in [0.717, 1.165) is 66.6 Å². The molecule has 1 saturated heterocycles. The van der Waals surface area contributed by atoms with Crippen molar-refractivity contribution >= 4 is 40.6 Å². The van der Waals surface area contributed by atoms with Crippen LogP contribution in [0.3, 0.4) is 0 Å². The molecule has 0 atom stereocenters. The number of anilines is 2. The molecule has 0 aromatic carbocycles. The molecule has 3 aromatic rings. The van der Waals surface area contributed by atoms with Gasteiger partial charge in [0.1, 0.15) is 11.4 Å². The second-order valence-electron chi connectivity index (χ2n) is 11.5. The molecule has 0 aliphatic carbocycles. The van der Waals surface area contributed by atoms with Crippen molar-refractivity contribution in [2.75, 3.05) is 25.0 Å². The van der Waals surface area contributed by atoms with Crippen molar-refractivity contribution in [2.45, 2.75) is 65.4 Å². The number of nitrogens with one attached hydrogen (secondary N) is 3. The van der Waals surface area contributed by atoms with Crippen molar-refractivity contribution in [1.29, 1.82) is 5.41 Å². The number of rotatable bonds is 9. The first-order valence-electron chi connectivity index (χ1n) is 13.9. The highest BCUT2D eigenvalue weighted by molar-refractivity contribution is 6.08. The van der Waals surface area contributed by atoms with Gasteiger partial charge in [-0.3, -0.25) is 4.98 Å². The van der Waals surface area contributed by atoms with E-state index in [0.29, 0.717) is 23.5 Å². The lowest BCUT2D eigenvalue weighted by molar-refractivity contribution is 0.0181. The van der Waals surface area contributed by atoms with Crippen LogP contribution in [0.25, 0.3) is 16.6 Å². The van der Waals surface area contributed by atoms with Crippen molar-refractivity contribution in [3.63, 3.8) is 0 Å². The molecule has 1 amide bonds. The lowest BCUT2D eigenvalue weighted by Gasteiger charge is -2.33. The molecule has 0 unspecified atom stereocenters. The van der Waals surface area contributed by atoms with Gasteiger partial charge in [-0.1, -0.05) is 13.8 Å². The summed E-state index contributed by atoms with van der Waals surface area (Å²) < 4.78 is 5.49. The predicted molar refractivity (Wildman–Crippen MR) is 159 cm³/mol. The van der Waals surface area contributed by atoms with Gasteiger partial charge in [-0.15, -0.1) is 5.10 Å². The second-order valence-corrected chi connectivity index (χ2v) is 11.5. The standard InChI is InChI=1S/C30H40N8O2/c1-20(2)22-15-28(37-34-19-22)36-27-7-6-25-26(35-27)14-23(18-33-25)24(16-31)17-32-11-8-21-9-12-38(13-10-21)29(39)40-30(3,4)5/h6-7,14-21,31-32H,8-13H2,1-5H3,(H,35,36,37)/b24-17+,31-16?. The van der Waals surface area contributed by atoms with Crippen LogP contribution in [0.15, 0.2) is 42.9 Å². The number of hydrogen-bond donors (Lipinski definition) is 3. The molecule has 10 nitrogen and oxygen atoms in total. The van der Waals surface area contributed by atoms with Crippen molar-refractivity contribution in [3.8, 4) is 0 Å². The molecule has 1 aliphatic rings. The minimum Gasteiger partial charge on any atom is -0.444 e. The molecule has 4 rings (SSSR count). The van der Waals surface area contributed by atoms with E-state index in [9.17, 15) is 4.79 Å². The molecule has 1 fully saturated rings. The zero-order chi connectivity index (χ0) is 28.7. The number of hydrogen-bond acceptors (Lipinski definition) is 9. The van der Waals surface area contributed by atoms with Gasteiger partial charge in [-0.05, 0) is 81.7 Å². The molecule has 0 spiro atoms.